The van der Waals surface area contributed by atoms with Crippen LogP contribution in [0.25, 0.3) is 11.3 Å². The van der Waals surface area contributed by atoms with Crippen molar-refractivity contribution in [2.45, 2.75) is 25.4 Å². The van der Waals surface area contributed by atoms with Crippen molar-refractivity contribution >= 4 is 29.2 Å². The topological polar surface area (TPSA) is 67.2 Å². The number of hydrogen-bond donors (Lipinski definition) is 2. The minimum absolute atomic E-state index is 0.187. The normalized spacial score (nSPS) is 14.0. The third kappa shape index (κ3) is 3.89. The van der Waals surface area contributed by atoms with Crippen molar-refractivity contribution in [2.24, 2.45) is 0 Å². The summed E-state index contributed by atoms with van der Waals surface area (Å²) in [4.78, 5) is 11.5. The number of urea groups is 1. The standard InChI is InChI=1S/C14H13Cl2N3O2/c15-9-3-8(4-10(16)5-9)13-6-12(19-21-13)7-17-14(20)18-11-1-2-11/h3-6,11H,1-2,7H2,(H2,17,18,20). The fourth-order valence-corrected chi connectivity index (χ4v) is 2.39. The molecule has 2 N–H and O–H groups in total. The highest BCUT2D eigenvalue weighted by Crippen LogP contribution is 2.27. The highest BCUT2D eigenvalue weighted by Gasteiger charge is 2.23. The average molecular weight is 326 g/mol. The lowest BCUT2D eigenvalue weighted by atomic mass is 10.1. The van der Waals surface area contributed by atoms with Gasteiger partial charge in [0.2, 0.25) is 0 Å². The summed E-state index contributed by atoms with van der Waals surface area (Å²) < 4.78 is 5.25. The second-order valence-electron chi connectivity index (χ2n) is 4.94. The van der Waals surface area contributed by atoms with E-state index in [4.69, 9.17) is 27.7 Å². The predicted octanol–water partition coefficient (Wildman–Crippen LogP) is 3.61. The average Bonchev–Trinajstić information content (AvgIpc) is 3.10. The minimum atomic E-state index is -0.187. The van der Waals surface area contributed by atoms with E-state index in [1.165, 1.54) is 0 Å². The van der Waals surface area contributed by atoms with Gasteiger partial charge in [-0.15, -0.1) is 0 Å². The first-order valence-electron chi connectivity index (χ1n) is 6.56. The summed E-state index contributed by atoms with van der Waals surface area (Å²) in [6.45, 7) is 0.302. The van der Waals surface area contributed by atoms with E-state index in [0.717, 1.165) is 18.4 Å². The fourth-order valence-electron chi connectivity index (χ4n) is 1.86. The lowest BCUT2D eigenvalue weighted by Gasteiger charge is -2.03. The molecule has 1 aromatic carbocycles. The van der Waals surface area contributed by atoms with Crippen LogP contribution in [0.3, 0.4) is 0 Å². The molecular formula is C14H13Cl2N3O2. The van der Waals surface area contributed by atoms with Crippen LogP contribution in [0.4, 0.5) is 4.79 Å². The fraction of sp³-hybridized carbons (Fsp3) is 0.286. The Labute approximate surface area is 131 Å². The van der Waals surface area contributed by atoms with Gasteiger partial charge in [-0.3, -0.25) is 0 Å². The number of rotatable bonds is 4. The summed E-state index contributed by atoms with van der Waals surface area (Å²) in [5, 5.41) is 10.5. The maximum absolute atomic E-state index is 11.5. The molecule has 7 heteroatoms. The zero-order valence-corrected chi connectivity index (χ0v) is 12.5. The Bertz CT molecular complexity index is 648. The zero-order chi connectivity index (χ0) is 14.8. The molecule has 5 nitrogen and oxygen atoms in total. The summed E-state index contributed by atoms with van der Waals surface area (Å²) in [5.41, 5.74) is 1.38. The second-order valence-corrected chi connectivity index (χ2v) is 5.81. The Morgan fingerprint density at radius 3 is 2.62 bits per heavy atom. The maximum Gasteiger partial charge on any atom is 0.315 e. The van der Waals surface area contributed by atoms with Gasteiger partial charge in [0.05, 0.1) is 6.54 Å². The van der Waals surface area contributed by atoms with Crippen molar-refractivity contribution in [1.82, 2.24) is 15.8 Å². The SMILES string of the molecule is O=C(NCc1cc(-c2cc(Cl)cc(Cl)c2)on1)NC1CC1. The van der Waals surface area contributed by atoms with Gasteiger partial charge in [0, 0.05) is 27.7 Å². The highest BCUT2D eigenvalue weighted by molar-refractivity contribution is 6.35. The van der Waals surface area contributed by atoms with E-state index in [0.29, 0.717) is 34.1 Å². The van der Waals surface area contributed by atoms with Crippen molar-refractivity contribution in [1.29, 1.82) is 0 Å². The van der Waals surface area contributed by atoms with Gasteiger partial charge in [-0.2, -0.15) is 0 Å². The molecule has 21 heavy (non-hydrogen) atoms. The van der Waals surface area contributed by atoms with Crippen LogP contribution in [0.2, 0.25) is 10.0 Å². The Morgan fingerprint density at radius 1 is 1.24 bits per heavy atom. The van der Waals surface area contributed by atoms with E-state index in [1.807, 2.05) is 0 Å². The molecule has 0 unspecified atom stereocenters. The van der Waals surface area contributed by atoms with Crippen LogP contribution in [0, 0.1) is 0 Å². The van der Waals surface area contributed by atoms with Gasteiger partial charge in [-0.05, 0) is 31.0 Å². The molecule has 1 aliphatic rings. The number of halogens is 2. The van der Waals surface area contributed by atoms with Gasteiger partial charge in [-0.1, -0.05) is 28.4 Å². The van der Waals surface area contributed by atoms with Crippen LogP contribution < -0.4 is 10.6 Å². The van der Waals surface area contributed by atoms with Crippen LogP contribution in [0.5, 0.6) is 0 Å². The zero-order valence-electron chi connectivity index (χ0n) is 11.0. The molecule has 1 fully saturated rings. The highest BCUT2D eigenvalue weighted by atomic mass is 35.5. The predicted molar refractivity (Wildman–Crippen MR) is 80.4 cm³/mol. The van der Waals surface area contributed by atoms with Crippen LogP contribution >= 0.6 is 23.2 Å². The van der Waals surface area contributed by atoms with Crippen molar-refractivity contribution in [3.05, 3.63) is 40.0 Å². The van der Waals surface area contributed by atoms with Gasteiger partial charge in [0.15, 0.2) is 5.76 Å². The number of carbonyl (C=O) groups excluding carboxylic acids is 1. The molecule has 0 spiro atoms. The molecule has 0 radical (unpaired) electrons. The van der Waals surface area contributed by atoms with E-state index < -0.39 is 0 Å². The number of nitrogens with zero attached hydrogens (tertiary/aromatic N) is 1. The molecule has 1 saturated carbocycles. The molecule has 3 rings (SSSR count). The molecule has 0 atom stereocenters. The number of carbonyl (C=O) groups is 1. The summed E-state index contributed by atoms with van der Waals surface area (Å²) >= 11 is 11.9. The third-order valence-electron chi connectivity index (χ3n) is 3.05. The monoisotopic (exact) mass is 325 g/mol. The van der Waals surface area contributed by atoms with Gasteiger partial charge >= 0.3 is 6.03 Å². The van der Waals surface area contributed by atoms with E-state index in [-0.39, 0.29) is 6.03 Å². The quantitative estimate of drug-likeness (QED) is 0.902. The first-order chi connectivity index (χ1) is 10.1. The van der Waals surface area contributed by atoms with E-state index in [2.05, 4.69) is 15.8 Å². The molecule has 2 aromatic rings. The number of aromatic nitrogens is 1. The molecule has 0 bridgehead atoms. The van der Waals surface area contributed by atoms with Gasteiger partial charge in [0.25, 0.3) is 0 Å². The Hall–Kier alpha value is -1.72. The Balaban J connectivity index is 1.63. The lowest BCUT2D eigenvalue weighted by Crippen LogP contribution is -2.36. The van der Waals surface area contributed by atoms with Crippen LogP contribution in [0.1, 0.15) is 18.5 Å². The van der Waals surface area contributed by atoms with Gasteiger partial charge in [0.1, 0.15) is 5.69 Å². The summed E-state index contributed by atoms with van der Waals surface area (Å²) in [5.74, 6) is 0.554. The largest absolute Gasteiger partial charge is 0.356 e. The second kappa shape index (κ2) is 5.95. The smallest absolute Gasteiger partial charge is 0.315 e. The molecule has 0 saturated heterocycles. The molecule has 1 aliphatic carbocycles. The third-order valence-corrected chi connectivity index (χ3v) is 3.49. The van der Waals surface area contributed by atoms with Crippen molar-refractivity contribution in [3.63, 3.8) is 0 Å². The molecule has 2 amide bonds. The number of amides is 2. The number of hydrogen-bond acceptors (Lipinski definition) is 3. The Morgan fingerprint density at radius 2 is 1.95 bits per heavy atom. The summed E-state index contributed by atoms with van der Waals surface area (Å²) in [6.07, 6.45) is 2.11. The van der Waals surface area contributed by atoms with Crippen LogP contribution in [-0.2, 0) is 6.54 Å². The molecule has 0 aliphatic heterocycles. The number of nitrogens with one attached hydrogen (secondary N) is 2. The molecule has 110 valence electrons. The van der Waals surface area contributed by atoms with Gasteiger partial charge < -0.3 is 15.2 Å². The molecule has 1 heterocycles. The van der Waals surface area contributed by atoms with Crippen LogP contribution in [0.15, 0.2) is 28.8 Å². The number of benzene rings is 1. The van der Waals surface area contributed by atoms with Crippen LogP contribution in [-0.4, -0.2) is 17.2 Å². The van der Waals surface area contributed by atoms with Crippen molar-refractivity contribution < 1.29 is 9.32 Å². The summed E-state index contributed by atoms with van der Waals surface area (Å²) in [7, 11) is 0. The molecular weight excluding hydrogens is 313 g/mol. The molecule has 1 aromatic heterocycles. The van der Waals surface area contributed by atoms with Crippen molar-refractivity contribution in [2.75, 3.05) is 0 Å². The van der Waals surface area contributed by atoms with E-state index >= 15 is 0 Å². The lowest BCUT2D eigenvalue weighted by molar-refractivity contribution is 0.240. The minimum Gasteiger partial charge on any atom is -0.356 e. The maximum atomic E-state index is 11.5. The van der Waals surface area contributed by atoms with Crippen molar-refractivity contribution in [3.8, 4) is 11.3 Å². The Kier molecular flexibility index (Phi) is 4.03. The van der Waals surface area contributed by atoms with E-state index in [1.54, 1.807) is 24.3 Å². The van der Waals surface area contributed by atoms with E-state index in [9.17, 15) is 4.79 Å². The summed E-state index contributed by atoms with van der Waals surface area (Å²) in [6, 6.07) is 7.02. The van der Waals surface area contributed by atoms with Gasteiger partial charge in [-0.25, -0.2) is 4.79 Å². The first kappa shape index (κ1) is 14.2. The first-order valence-corrected chi connectivity index (χ1v) is 7.32.